The highest BCUT2D eigenvalue weighted by Gasteiger charge is 2.31. The fourth-order valence-electron chi connectivity index (χ4n) is 2.39. The maximum atomic E-state index is 12.5. The first-order valence-electron chi connectivity index (χ1n) is 6.55. The summed E-state index contributed by atoms with van der Waals surface area (Å²) in [7, 11) is 0. The van der Waals surface area contributed by atoms with Gasteiger partial charge in [0.05, 0.1) is 16.3 Å². The number of carbonyl (C=O) groups excluding carboxylic acids is 1. The van der Waals surface area contributed by atoms with E-state index in [0.29, 0.717) is 0 Å². The zero-order valence-corrected chi connectivity index (χ0v) is 11.5. The van der Waals surface area contributed by atoms with Crippen LogP contribution in [0.1, 0.15) is 37.7 Å². The van der Waals surface area contributed by atoms with Crippen LogP contribution in [-0.2, 0) is 11.0 Å². The summed E-state index contributed by atoms with van der Waals surface area (Å²) >= 11 is 5.80. The van der Waals surface area contributed by atoms with Crippen molar-refractivity contribution in [2.45, 2.75) is 38.3 Å². The van der Waals surface area contributed by atoms with Crippen molar-refractivity contribution in [3.05, 3.63) is 28.8 Å². The molecule has 1 fully saturated rings. The monoisotopic (exact) mass is 305 g/mol. The number of hydrogen-bond acceptors (Lipinski definition) is 1. The van der Waals surface area contributed by atoms with Crippen LogP contribution in [0.3, 0.4) is 0 Å². The second-order valence-electron chi connectivity index (χ2n) is 5.02. The number of alkyl halides is 3. The van der Waals surface area contributed by atoms with Crippen LogP contribution in [0.25, 0.3) is 0 Å². The summed E-state index contributed by atoms with van der Waals surface area (Å²) in [5.41, 5.74) is -0.589. The molecule has 0 spiro atoms. The predicted molar refractivity (Wildman–Crippen MR) is 71.7 cm³/mol. The molecule has 20 heavy (non-hydrogen) atoms. The van der Waals surface area contributed by atoms with E-state index in [-0.39, 0.29) is 22.5 Å². The van der Waals surface area contributed by atoms with Crippen molar-refractivity contribution < 1.29 is 18.0 Å². The maximum absolute atomic E-state index is 12.5. The molecule has 1 N–H and O–H groups in total. The summed E-state index contributed by atoms with van der Waals surface area (Å²) in [6, 6.07) is 2.95. The molecule has 0 atom stereocenters. The molecule has 1 aromatic carbocycles. The summed E-state index contributed by atoms with van der Waals surface area (Å²) in [4.78, 5) is 12.0. The largest absolute Gasteiger partial charge is 0.416 e. The van der Waals surface area contributed by atoms with Crippen molar-refractivity contribution >= 4 is 23.2 Å². The van der Waals surface area contributed by atoms with Crippen LogP contribution in [0.2, 0.25) is 5.02 Å². The number of benzene rings is 1. The molecule has 0 aliphatic heterocycles. The first-order valence-corrected chi connectivity index (χ1v) is 6.93. The Morgan fingerprint density at radius 1 is 1.20 bits per heavy atom. The van der Waals surface area contributed by atoms with E-state index in [1.165, 1.54) is 6.07 Å². The number of anilines is 1. The number of halogens is 4. The third kappa shape index (κ3) is 3.66. The lowest BCUT2D eigenvalue weighted by Crippen LogP contribution is -2.24. The van der Waals surface area contributed by atoms with Crippen molar-refractivity contribution in [3.8, 4) is 0 Å². The predicted octanol–water partition coefficient (Wildman–Crippen LogP) is 4.88. The van der Waals surface area contributed by atoms with Gasteiger partial charge in [0.25, 0.3) is 0 Å². The minimum absolute atomic E-state index is 0.0675. The van der Waals surface area contributed by atoms with E-state index in [2.05, 4.69) is 5.32 Å². The molecule has 1 aliphatic rings. The minimum Gasteiger partial charge on any atom is -0.325 e. The van der Waals surface area contributed by atoms with E-state index in [1.807, 2.05) is 0 Å². The molecule has 2 nitrogen and oxygen atoms in total. The summed E-state index contributed by atoms with van der Waals surface area (Å²) in [5, 5.41) is 2.53. The Labute approximate surface area is 120 Å². The van der Waals surface area contributed by atoms with Crippen molar-refractivity contribution in [1.29, 1.82) is 0 Å². The van der Waals surface area contributed by atoms with Gasteiger partial charge in [-0.3, -0.25) is 4.79 Å². The molecule has 2 rings (SSSR count). The van der Waals surface area contributed by atoms with Gasteiger partial charge < -0.3 is 5.32 Å². The molecule has 0 heterocycles. The summed E-state index contributed by atoms with van der Waals surface area (Å²) in [5.74, 6) is -0.228. The second-order valence-corrected chi connectivity index (χ2v) is 5.42. The number of rotatable bonds is 2. The van der Waals surface area contributed by atoms with Gasteiger partial charge in [-0.2, -0.15) is 13.2 Å². The third-order valence-electron chi connectivity index (χ3n) is 3.53. The first-order chi connectivity index (χ1) is 9.38. The van der Waals surface area contributed by atoms with Gasteiger partial charge in [-0.1, -0.05) is 30.9 Å². The molecule has 6 heteroatoms. The van der Waals surface area contributed by atoms with Gasteiger partial charge in [0, 0.05) is 5.92 Å². The van der Waals surface area contributed by atoms with E-state index in [0.717, 1.165) is 44.2 Å². The van der Waals surface area contributed by atoms with Crippen LogP contribution in [-0.4, -0.2) is 5.91 Å². The van der Waals surface area contributed by atoms with Gasteiger partial charge >= 0.3 is 6.18 Å². The van der Waals surface area contributed by atoms with E-state index in [4.69, 9.17) is 11.6 Å². The molecule has 0 unspecified atom stereocenters. The fourth-order valence-corrected chi connectivity index (χ4v) is 2.62. The number of hydrogen-bond donors (Lipinski definition) is 1. The van der Waals surface area contributed by atoms with Crippen molar-refractivity contribution in [1.82, 2.24) is 0 Å². The lowest BCUT2D eigenvalue weighted by molar-refractivity contribution is -0.137. The van der Waals surface area contributed by atoms with Gasteiger partial charge in [-0.15, -0.1) is 0 Å². The summed E-state index contributed by atoms with van der Waals surface area (Å²) < 4.78 is 37.5. The van der Waals surface area contributed by atoms with Gasteiger partial charge in [-0.05, 0) is 31.0 Å². The van der Waals surface area contributed by atoms with Gasteiger partial charge in [0.2, 0.25) is 5.91 Å². The molecule has 0 saturated heterocycles. The Hall–Kier alpha value is -1.23. The quantitative estimate of drug-likeness (QED) is 0.829. The summed E-state index contributed by atoms with van der Waals surface area (Å²) in [6.45, 7) is 0. The van der Waals surface area contributed by atoms with Gasteiger partial charge in [0.15, 0.2) is 0 Å². The van der Waals surface area contributed by atoms with Gasteiger partial charge in [-0.25, -0.2) is 0 Å². The number of carbonyl (C=O) groups is 1. The van der Waals surface area contributed by atoms with Crippen LogP contribution >= 0.6 is 11.6 Å². The molecule has 0 bridgehead atoms. The summed E-state index contributed by atoms with van der Waals surface area (Å²) in [6.07, 6.45) is 0.367. The Bertz CT molecular complexity index is 496. The van der Waals surface area contributed by atoms with Crippen molar-refractivity contribution in [2.75, 3.05) is 5.32 Å². The molecule has 110 valence electrons. The molecular formula is C14H15ClF3NO. The van der Waals surface area contributed by atoms with Crippen LogP contribution in [0.4, 0.5) is 18.9 Å². The van der Waals surface area contributed by atoms with Crippen LogP contribution in [0.5, 0.6) is 0 Å². The van der Waals surface area contributed by atoms with E-state index < -0.39 is 11.7 Å². The van der Waals surface area contributed by atoms with E-state index in [1.54, 1.807) is 0 Å². The fraction of sp³-hybridized carbons (Fsp3) is 0.500. The van der Waals surface area contributed by atoms with E-state index >= 15 is 0 Å². The highest BCUT2D eigenvalue weighted by molar-refractivity contribution is 6.33. The van der Waals surface area contributed by atoms with Crippen molar-refractivity contribution in [3.63, 3.8) is 0 Å². The second kappa shape index (κ2) is 6.04. The van der Waals surface area contributed by atoms with Gasteiger partial charge in [0.1, 0.15) is 0 Å². The van der Waals surface area contributed by atoms with Crippen LogP contribution in [0, 0.1) is 5.92 Å². The Kier molecular flexibility index (Phi) is 4.58. The smallest absolute Gasteiger partial charge is 0.325 e. The average molecular weight is 306 g/mol. The normalized spacial score (nSPS) is 17.0. The Balaban J connectivity index is 2.08. The number of amides is 1. The minimum atomic E-state index is -4.43. The Morgan fingerprint density at radius 2 is 1.85 bits per heavy atom. The molecule has 0 aromatic heterocycles. The topological polar surface area (TPSA) is 29.1 Å². The molecule has 1 aliphatic carbocycles. The lowest BCUT2D eigenvalue weighted by atomic mass is 9.88. The lowest BCUT2D eigenvalue weighted by Gasteiger charge is -2.21. The van der Waals surface area contributed by atoms with E-state index in [9.17, 15) is 18.0 Å². The van der Waals surface area contributed by atoms with Crippen LogP contribution < -0.4 is 5.32 Å². The first kappa shape index (κ1) is 15.2. The highest BCUT2D eigenvalue weighted by atomic mass is 35.5. The zero-order chi connectivity index (χ0) is 14.8. The highest BCUT2D eigenvalue weighted by Crippen LogP contribution is 2.34. The number of nitrogens with one attached hydrogen (secondary N) is 1. The van der Waals surface area contributed by atoms with Crippen LogP contribution in [0.15, 0.2) is 18.2 Å². The molecular weight excluding hydrogens is 291 g/mol. The SMILES string of the molecule is O=C(Nc1ccc(C(F)(F)F)cc1Cl)C1CCCCC1. The standard InChI is InChI=1S/C14H15ClF3NO/c15-11-8-10(14(16,17)18)6-7-12(11)19-13(20)9-4-2-1-3-5-9/h6-9H,1-5H2,(H,19,20). The Morgan fingerprint density at radius 3 is 2.40 bits per heavy atom. The molecule has 1 saturated carbocycles. The maximum Gasteiger partial charge on any atom is 0.416 e. The zero-order valence-electron chi connectivity index (χ0n) is 10.8. The third-order valence-corrected chi connectivity index (χ3v) is 3.84. The molecule has 0 radical (unpaired) electrons. The molecule has 1 amide bonds. The van der Waals surface area contributed by atoms with Crippen molar-refractivity contribution in [2.24, 2.45) is 5.92 Å². The molecule has 1 aromatic rings. The average Bonchev–Trinajstić information content (AvgIpc) is 2.41.